The summed E-state index contributed by atoms with van der Waals surface area (Å²) in [5.41, 5.74) is 0. The fraction of sp³-hybridized carbons (Fsp3) is 0.636. The van der Waals surface area contributed by atoms with Gasteiger partial charge < -0.3 is 9.15 Å². The van der Waals surface area contributed by atoms with Gasteiger partial charge in [0.15, 0.2) is 0 Å². The summed E-state index contributed by atoms with van der Waals surface area (Å²) < 4.78 is 35.7. The minimum Gasteiger partial charge on any atom is -0.467 e. The molecule has 0 aromatic carbocycles. The van der Waals surface area contributed by atoms with Crippen LogP contribution in [0.1, 0.15) is 18.6 Å². The first-order valence-corrected chi connectivity index (χ1v) is 7.96. The van der Waals surface area contributed by atoms with Crippen molar-refractivity contribution < 1.29 is 17.6 Å². The lowest BCUT2D eigenvalue weighted by Crippen LogP contribution is -2.28. The predicted octanol–water partition coefficient (Wildman–Crippen LogP) is 1.73. The van der Waals surface area contributed by atoms with E-state index in [2.05, 4.69) is 4.72 Å². The molecule has 5 nitrogen and oxygen atoms in total. The lowest BCUT2D eigenvalue weighted by atomic mass is 10.4. The number of hydrogen-bond acceptors (Lipinski definition) is 4. The highest BCUT2D eigenvalue weighted by Gasteiger charge is 2.07. The number of rotatable bonds is 10. The lowest BCUT2D eigenvalue weighted by Gasteiger charge is -2.06. The Bertz CT molecular complexity index is 405. The first kappa shape index (κ1) is 15.5. The van der Waals surface area contributed by atoms with Gasteiger partial charge in [-0.2, -0.15) is 0 Å². The van der Waals surface area contributed by atoms with Crippen LogP contribution in [0.4, 0.5) is 0 Å². The average Bonchev–Trinajstić information content (AvgIpc) is 2.84. The Kier molecular flexibility index (Phi) is 7.34. The van der Waals surface area contributed by atoms with Crippen LogP contribution in [0.3, 0.4) is 0 Å². The van der Waals surface area contributed by atoms with Gasteiger partial charge in [-0.1, -0.05) is 0 Å². The largest absolute Gasteiger partial charge is 0.467 e. The minimum atomic E-state index is -3.18. The quantitative estimate of drug-likeness (QED) is 0.527. The van der Waals surface area contributed by atoms with Gasteiger partial charge in [0.1, 0.15) is 12.4 Å². The molecule has 1 aromatic heterocycles. The van der Waals surface area contributed by atoms with Gasteiger partial charge in [-0.05, 0) is 25.0 Å². The third-order valence-electron chi connectivity index (χ3n) is 2.16. The summed E-state index contributed by atoms with van der Waals surface area (Å²) in [7, 11) is -3.18. The van der Waals surface area contributed by atoms with Gasteiger partial charge in [0.05, 0.1) is 12.0 Å². The van der Waals surface area contributed by atoms with Crippen molar-refractivity contribution >= 4 is 21.6 Å². The van der Waals surface area contributed by atoms with Crippen molar-refractivity contribution in [1.29, 1.82) is 0 Å². The molecule has 0 saturated heterocycles. The molecule has 18 heavy (non-hydrogen) atoms. The van der Waals surface area contributed by atoms with E-state index in [4.69, 9.17) is 20.8 Å². The number of halogens is 1. The third-order valence-corrected chi connectivity index (χ3v) is 3.90. The SMILES string of the molecule is O=S(=O)(CCCCl)NCCCOCc1ccco1. The second-order valence-corrected chi connectivity index (χ2v) is 6.05. The topological polar surface area (TPSA) is 68.5 Å². The highest BCUT2D eigenvalue weighted by molar-refractivity contribution is 7.89. The molecule has 7 heteroatoms. The van der Waals surface area contributed by atoms with Crippen molar-refractivity contribution in [3.63, 3.8) is 0 Å². The molecule has 1 rings (SSSR count). The first-order valence-electron chi connectivity index (χ1n) is 5.77. The number of alkyl halides is 1. The second-order valence-electron chi connectivity index (χ2n) is 3.74. The van der Waals surface area contributed by atoms with Gasteiger partial charge >= 0.3 is 0 Å². The predicted molar refractivity (Wildman–Crippen MR) is 70.1 cm³/mol. The smallest absolute Gasteiger partial charge is 0.211 e. The maximum Gasteiger partial charge on any atom is 0.211 e. The van der Waals surface area contributed by atoms with Crippen LogP contribution in [-0.2, 0) is 21.4 Å². The van der Waals surface area contributed by atoms with Crippen LogP contribution < -0.4 is 4.72 Å². The molecule has 0 amide bonds. The number of ether oxygens (including phenoxy) is 1. The van der Waals surface area contributed by atoms with Crippen molar-refractivity contribution in [2.75, 3.05) is 24.8 Å². The Morgan fingerprint density at radius 1 is 1.39 bits per heavy atom. The van der Waals surface area contributed by atoms with Crippen LogP contribution in [-0.4, -0.2) is 33.2 Å². The molecule has 1 N–H and O–H groups in total. The van der Waals surface area contributed by atoms with E-state index in [0.29, 0.717) is 38.5 Å². The summed E-state index contributed by atoms with van der Waals surface area (Å²) in [6.45, 7) is 1.27. The van der Waals surface area contributed by atoms with E-state index in [0.717, 1.165) is 5.76 Å². The third kappa shape index (κ3) is 7.00. The molecule has 0 unspecified atom stereocenters. The molecule has 0 radical (unpaired) electrons. The summed E-state index contributed by atoms with van der Waals surface area (Å²) in [5, 5.41) is 0. The molecule has 1 aromatic rings. The number of furan rings is 1. The molecule has 0 fully saturated rings. The van der Waals surface area contributed by atoms with Gasteiger partial charge in [0.25, 0.3) is 0 Å². The Balaban J connectivity index is 2.01. The van der Waals surface area contributed by atoms with Crippen LogP contribution >= 0.6 is 11.6 Å². The number of hydrogen-bond donors (Lipinski definition) is 1. The van der Waals surface area contributed by atoms with E-state index in [1.54, 1.807) is 12.3 Å². The van der Waals surface area contributed by atoms with Gasteiger partial charge in [-0.25, -0.2) is 13.1 Å². The maximum absolute atomic E-state index is 11.4. The van der Waals surface area contributed by atoms with Gasteiger partial charge in [-0.3, -0.25) is 0 Å². The zero-order valence-corrected chi connectivity index (χ0v) is 11.7. The van der Waals surface area contributed by atoms with E-state index in [1.807, 2.05) is 6.07 Å². The van der Waals surface area contributed by atoms with Gasteiger partial charge in [0, 0.05) is 19.0 Å². The Morgan fingerprint density at radius 2 is 2.22 bits per heavy atom. The molecule has 0 aliphatic heterocycles. The Morgan fingerprint density at radius 3 is 2.89 bits per heavy atom. The zero-order valence-electron chi connectivity index (χ0n) is 10.1. The van der Waals surface area contributed by atoms with Crippen molar-refractivity contribution in [3.8, 4) is 0 Å². The second kappa shape index (κ2) is 8.53. The molecule has 1 heterocycles. The number of nitrogens with one attached hydrogen (secondary N) is 1. The van der Waals surface area contributed by atoms with Crippen LogP contribution in [0.5, 0.6) is 0 Å². The van der Waals surface area contributed by atoms with Crippen LogP contribution in [0.25, 0.3) is 0 Å². The summed E-state index contributed by atoms with van der Waals surface area (Å²) in [6, 6.07) is 3.62. The van der Waals surface area contributed by atoms with Crippen LogP contribution in [0.15, 0.2) is 22.8 Å². The molecule has 0 bridgehead atoms. The molecule has 104 valence electrons. The normalized spacial score (nSPS) is 11.8. The van der Waals surface area contributed by atoms with Gasteiger partial charge in [0.2, 0.25) is 10.0 Å². The van der Waals surface area contributed by atoms with Crippen molar-refractivity contribution in [2.45, 2.75) is 19.4 Å². The molecule has 0 spiro atoms. The first-order chi connectivity index (χ1) is 8.64. The Hall–Kier alpha value is -0.560. The van der Waals surface area contributed by atoms with Crippen LogP contribution in [0, 0.1) is 0 Å². The van der Waals surface area contributed by atoms with Crippen molar-refractivity contribution in [3.05, 3.63) is 24.2 Å². The number of sulfonamides is 1. The van der Waals surface area contributed by atoms with Crippen molar-refractivity contribution in [2.24, 2.45) is 0 Å². The minimum absolute atomic E-state index is 0.0732. The maximum atomic E-state index is 11.4. The van der Waals surface area contributed by atoms with E-state index in [1.165, 1.54) is 0 Å². The standard InChI is InChI=1S/C11H18ClNO4S/c12-5-2-9-18(14,15)13-6-3-7-16-10-11-4-1-8-17-11/h1,4,8,13H,2-3,5-7,9-10H2. The monoisotopic (exact) mass is 295 g/mol. The molecule has 0 saturated carbocycles. The molecule has 0 aliphatic carbocycles. The van der Waals surface area contributed by atoms with E-state index >= 15 is 0 Å². The highest BCUT2D eigenvalue weighted by atomic mass is 35.5. The fourth-order valence-corrected chi connectivity index (χ4v) is 2.70. The lowest BCUT2D eigenvalue weighted by molar-refractivity contribution is 0.105. The Labute approximate surface area is 113 Å². The average molecular weight is 296 g/mol. The van der Waals surface area contributed by atoms with Crippen molar-refractivity contribution in [1.82, 2.24) is 4.72 Å². The van der Waals surface area contributed by atoms with E-state index in [-0.39, 0.29) is 5.75 Å². The summed E-state index contributed by atoms with van der Waals surface area (Å²) >= 11 is 5.44. The van der Waals surface area contributed by atoms with E-state index < -0.39 is 10.0 Å². The molecular formula is C11H18ClNO4S. The summed E-state index contributed by atoms with van der Waals surface area (Å²) in [4.78, 5) is 0. The van der Waals surface area contributed by atoms with Gasteiger partial charge in [-0.15, -0.1) is 11.6 Å². The summed E-state index contributed by atoms with van der Waals surface area (Å²) in [6.07, 6.45) is 2.68. The highest BCUT2D eigenvalue weighted by Crippen LogP contribution is 2.01. The molecular weight excluding hydrogens is 278 g/mol. The molecule has 0 aliphatic rings. The fourth-order valence-electron chi connectivity index (χ4n) is 1.29. The zero-order chi connectivity index (χ0) is 13.3. The van der Waals surface area contributed by atoms with E-state index in [9.17, 15) is 8.42 Å². The summed E-state index contributed by atoms with van der Waals surface area (Å²) in [5.74, 6) is 1.19. The van der Waals surface area contributed by atoms with Crippen LogP contribution in [0.2, 0.25) is 0 Å². The molecule has 0 atom stereocenters.